The standard InChI is InChI=1S/C13H21NO5/c1-2-13(7-15,8-16)14-11(17)9-5-3-4-6-10(9)12(18)19/h3-4,9-10,15-16H,2,5-8H2,1H3,(H,14,17)(H,18,19)/t9-,10+/m1/s1. The van der Waals surface area contributed by atoms with E-state index in [-0.39, 0.29) is 13.2 Å². The van der Waals surface area contributed by atoms with Crippen molar-refractivity contribution in [2.45, 2.75) is 31.7 Å². The highest BCUT2D eigenvalue weighted by molar-refractivity contribution is 5.85. The lowest BCUT2D eigenvalue weighted by atomic mass is 9.81. The number of allylic oxidation sites excluding steroid dienone is 2. The minimum absolute atomic E-state index is 0.324. The van der Waals surface area contributed by atoms with Crippen molar-refractivity contribution in [3.05, 3.63) is 12.2 Å². The molecule has 1 amide bonds. The summed E-state index contributed by atoms with van der Waals surface area (Å²) in [5.74, 6) is -2.84. The van der Waals surface area contributed by atoms with Crippen molar-refractivity contribution in [1.29, 1.82) is 0 Å². The monoisotopic (exact) mass is 271 g/mol. The van der Waals surface area contributed by atoms with Gasteiger partial charge < -0.3 is 20.6 Å². The summed E-state index contributed by atoms with van der Waals surface area (Å²) in [4.78, 5) is 23.3. The number of amides is 1. The summed E-state index contributed by atoms with van der Waals surface area (Å²) in [6, 6.07) is 0. The second kappa shape index (κ2) is 6.68. The highest BCUT2D eigenvalue weighted by Crippen LogP contribution is 2.27. The number of aliphatic hydroxyl groups excluding tert-OH is 2. The molecule has 0 spiro atoms. The molecule has 0 unspecified atom stereocenters. The number of hydrogen-bond donors (Lipinski definition) is 4. The van der Waals surface area contributed by atoms with Crippen LogP contribution in [0.15, 0.2) is 12.2 Å². The van der Waals surface area contributed by atoms with Crippen LogP contribution >= 0.6 is 0 Å². The second-order valence-corrected chi connectivity index (χ2v) is 4.93. The SMILES string of the molecule is CCC(CO)(CO)NC(=O)[C@@H]1CC=CC[C@@H]1C(=O)O. The minimum atomic E-state index is -1.08. The van der Waals surface area contributed by atoms with E-state index in [9.17, 15) is 19.8 Å². The van der Waals surface area contributed by atoms with Gasteiger partial charge in [-0.25, -0.2) is 0 Å². The number of aliphatic hydroxyl groups is 2. The van der Waals surface area contributed by atoms with Crippen molar-refractivity contribution >= 4 is 11.9 Å². The zero-order chi connectivity index (χ0) is 14.5. The molecule has 0 aromatic rings. The molecule has 0 aliphatic heterocycles. The number of carboxylic acid groups (broad SMARTS) is 1. The first-order valence-electron chi connectivity index (χ1n) is 6.41. The van der Waals surface area contributed by atoms with E-state index < -0.39 is 29.3 Å². The summed E-state index contributed by atoms with van der Waals surface area (Å²) in [6.45, 7) is 0.972. The molecule has 19 heavy (non-hydrogen) atoms. The van der Waals surface area contributed by atoms with Crippen LogP contribution in [-0.4, -0.2) is 45.9 Å². The van der Waals surface area contributed by atoms with Gasteiger partial charge in [0, 0.05) is 0 Å². The van der Waals surface area contributed by atoms with Crippen molar-refractivity contribution in [2.75, 3.05) is 13.2 Å². The Hall–Kier alpha value is -1.40. The molecule has 0 saturated heterocycles. The van der Waals surface area contributed by atoms with Crippen LogP contribution in [0.2, 0.25) is 0 Å². The molecule has 0 heterocycles. The molecule has 0 bridgehead atoms. The third-order valence-electron chi connectivity index (χ3n) is 3.76. The molecule has 1 rings (SSSR count). The van der Waals surface area contributed by atoms with Crippen LogP contribution in [0.4, 0.5) is 0 Å². The summed E-state index contributed by atoms with van der Waals surface area (Å²) in [5.41, 5.74) is -1.08. The Bertz CT molecular complexity index is 354. The van der Waals surface area contributed by atoms with Crippen LogP contribution in [0, 0.1) is 11.8 Å². The maximum atomic E-state index is 12.2. The molecule has 0 fully saturated rings. The Balaban J connectivity index is 2.81. The molecule has 0 radical (unpaired) electrons. The number of hydrogen-bond acceptors (Lipinski definition) is 4. The summed E-state index contributed by atoms with van der Waals surface area (Å²) in [6.07, 6.45) is 4.60. The minimum Gasteiger partial charge on any atom is -0.481 e. The highest BCUT2D eigenvalue weighted by atomic mass is 16.4. The van der Waals surface area contributed by atoms with Gasteiger partial charge in [-0.05, 0) is 19.3 Å². The molecule has 0 aromatic heterocycles. The zero-order valence-electron chi connectivity index (χ0n) is 11.0. The summed E-state index contributed by atoms with van der Waals surface area (Å²) in [5, 5.41) is 30.3. The molecule has 2 atom stereocenters. The van der Waals surface area contributed by atoms with Gasteiger partial charge in [0.1, 0.15) is 0 Å². The molecular formula is C13H21NO5. The van der Waals surface area contributed by atoms with E-state index in [0.29, 0.717) is 19.3 Å². The van der Waals surface area contributed by atoms with Crippen molar-refractivity contribution in [2.24, 2.45) is 11.8 Å². The van der Waals surface area contributed by atoms with Gasteiger partial charge in [0.25, 0.3) is 0 Å². The van der Waals surface area contributed by atoms with Crippen molar-refractivity contribution in [3.8, 4) is 0 Å². The first-order chi connectivity index (χ1) is 8.99. The smallest absolute Gasteiger partial charge is 0.307 e. The second-order valence-electron chi connectivity index (χ2n) is 4.93. The maximum absolute atomic E-state index is 12.2. The lowest BCUT2D eigenvalue weighted by molar-refractivity contribution is -0.148. The van der Waals surface area contributed by atoms with Gasteiger partial charge in [-0.15, -0.1) is 0 Å². The molecule has 0 saturated carbocycles. The average molecular weight is 271 g/mol. The normalized spacial score (nSPS) is 23.1. The van der Waals surface area contributed by atoms with E-state index in [0.717, 1.165) is 0 Å². The van der Waals surface area contributed by atoms with Crippen LogP contribution in [0.1, 0.15) is 26.2 Å². The topological polar surface area (TPSA) is 107 Å². The van der Waals surface area contributed by atoms with E-state index in [1.807, 2.05) is 0 Å². The fourth-order valence-corrected chi connectivity index (χ4v) is 2.17. The predicted octanol–water partition coefficient (Wildman–Crippen LogP) is -0.0970. The van der Waals surface area contributed by atoms with E-state index in [2.05, 4.69) is 5.32 Å². The first kappa shape index (κ1) is 15.7. The Morgan fingerprint density at radius 3 is 2.16 bits per heavy atom. The molecule has 6 heteroatoms. The van der Waals surface area contributed by atoms with Gasteiger partial charge in [-0.3, -0.25) is 9.59 Å². The van der Waals surface area contributed by atoms with Gasteiger partial charge in [-0.2, -0.15) is 0 Å². The van der Waals surface area contributed by atoms with Gasteiger partial charge in [0.15, 0.2) is 0 Å². The van der Waals surface area contributed by atoms with Crippen LogP contribution < -0.4 is 5.32 Å². The molecule has 6 nitrogen and oxygen atoms in total. The van der Waals surface area contributed by atoms with Crippen molar-refractivity contribution in [3.63, 3.8) is 0 Å². The van der Waals surface area contributed by atoms with Crippen LogP contribution in [0.3, 0.4) is 0 Å². The summed E-state index contributed by atoms with van der Waals surface area (Å²) < 4.78 is 0. The molecule has 1 aliphatic rings. The quantitative estimate of drug-likeness (QED) is 0.505. The number of carbonyl (C=O) groups excluding carboxylic acids is 1. The predicted molar refractivity (Wildman–Crippen MR) is 68.3 cm³/mol. The van der Waals surface area contributed by atoms with Crippen LogP contribution in [-0.2, 0) is 9.59 Å². The number of carboxylic acids is 1. The number of aliphatic carboxylic acids is 1. The molecule has 108 valence electrons. The number of rotatable bonds is 6. The van der Waals surface area contributed by atoms with Gasteiger partial charge in [0.2, 0.25) is 5.91 Å². The number of nitrogens with one attached hydrogen (secondary N) is 1. The summed E-state index contributed by atoms with van der Waals surface area (Å²) >= 11 is 0. The van der Waals surface area contributed by atoms with E-state index in [1.54, 1.807) is 19.1 Å². The van der Waals surface area contributed by atoms with E-state index in [1.165, 1.54) is 0 Å². The molecular weight excluding hydrogens is 250 g/mol. The average Bonchev–Trinajstić information content (AvgIpc) is 2.44. The van der Waals surface area contributed by atoms with Gasteiger partial charge in [0.05, 0.1) is 30.6 Å². The fraction of sp³-hybridized carbons (Fsp3) is 0.692. The lowest BCUT2D eigenvalue weighted by Crippen LogP contribution is -2.56. The Kier molecular flexibility index (Phi) is 5.50. The molecule has 4 N–H and O–H groups in total. The zero-order valence-corrected chi connectivity index (χ0v) is 11.0. The third kappa shape index (κ3) is 3.54. The highest BCUT2D eigenvalue weighted by Gasteiger charge is 2.37. The van der Waals surface area contributed by atoms with E-state index in [4.69, 9.17) is 5.11 Å². The lowest BCUT2D eigenvalue weighted by Gasteiger charge is -2.33. The van der Waals surface area contributed by atoms with Crippen LogP contribution in [0.25, 0.3) is 0 Å². The van der Waals surface area contributed by atoms with Gasteiger partial charge in [-0.1, -0.05) is 19.1 Å². The number of carbonyl (C=O) groups is 2. The maximum Gasteiger partial charge on any atom is 0.307 e. The Morgan fingerprint density at radius 2 is 1.74 bits per heavy atom. The largest absolute Gasteiger partial charge is 0.481 e. The van der Waals surface area contributed by atoms with E-state index >= 15 is 0 Å². The fourth-order valence-electron chi connectivity index (χ4n) is 2.17. The Labute approximate surface area is 112 Å². The summed E-state index contributed by atoms with van der Waals surface area (Å²) in [7, 11) is 0. The third-order valence-corrected chi connectivity index (χ3v) is 3.76. The Morgan fingerprint density at radius 1 is 1.21 bits per heavy atom. The van der Waals surface area contributed by atoms with Gasteiger partial charge >= 0.3 is 5.97 Å². The van der Waals surface area contributed by atoms with Crippen LogP contribution in [0.5, 0.6) is 0 Å². The first-order valence-corrected chi connectivity index (χ1v) is 6.41. The molecule has 0 aromatic carbocycles. The van der Waals surface area contributed by atoms with Crippen molar-refractivity contribution < 1.29 is 24.9 Å². The van der Waals surface area contributed by atoms with Crippen molar-refractivity contribution in [1.82, 2.24) is 5.32 Å². The molecule has 1 aliphatic carbocycles.